The van der Waals surface area contributed by atoms with Gasteiger partial charge in [0.15, 0.2) is 11.5 Å². The van der Waals surface area contributed by atoms with Gasteiger partial charge in [0.1, 0.15) is 5.82 Å². The van der Waals surface area contributed by atoms with Gasteiger partial charge in [-0.1, -0.05) is 0 Å². The van der Waals surface area contributed by atoms with Crippen molar-refractivity contribution in [3.05, 3.63) is 27.9 Å². The normalized spacial score (nSPS) is 12.4. The first-order chi connectivity index (χ1) is 10.1. The second-order valence-electron chi connectivity index (χ2n) is 4.69. The van der Waals surface area contributed by atoms with Crippen LogP contribution in [0.1, 0.15) is 11.3 Å². The average Bonchev–Trinajstić information content (AvgIpc) is 2.92. The van der Waals surface area contributed by atoms with Gasteiger partial charge in [0.2, 0.25) is 12.7 Å². The van der Waals surface area contributed by atoms with E-state index >= 15 is 0 Å². The quantitative estimate of drug-likeness (QED) is 0.884. The molecule has 0 bridgehead atoms. The van der Waals surface area contributed by atoms with Crippen molar-refractivity contribution in [2.75, 3.05) is 24.5 Å². The number of nitrogens with one attached hydrogen (secondary N) is 2. The van der Waals surface area contributed by atoms with Crippen LogP contribution >= 0.6 is 15.9 Å². The third kappa shape index (κ3) is 2.61. The Morgan fingerprint density at radius 3 is 2.76 bits per heavy atom. The van der Waals surface area contributed by atoms with E-state index in [9.17, 15) is 0 Å². The molecule has 2 N–H and O–H groups in total. The number of hydrogen-bond donors (Lipinski definition) is 2. The van der Waals surface area contributed by atoms with Crippen LogP contribution in [0.5, 0.6) is 11.5 Å². The van der Waals surface area contributed by atoms with Crippen molar-refractivity contribution < 1.29 is 9.47 Å². The minimum atomic E-state index is 0.238. The van der Waals surface area contributed by atoms with E-state index in [1.807, 2.05) is 33.0 Å². The summed E-state index contributed by atoms with van der Waals surface area (Å²) in [7, 11) is 1.83. The third-order valence-corrected chi connectivity index (χ3v) is 4.16. The summed E-state index contributed by atoms with van der Waals surface area (Å²) in [5.41, 5.74) is 2.77. The molecule has 0 aliphatic carbocycles. The fraction of sp³-hybridized carbons (Fsp3) is 0.286. The molecule has 21 heavy (non-hydrogen) atoms. The van der Waals surface area contributed by atoms with Crippen LogP contribution in [0, 0.1) is 13.8 Å². The van der Waals surface area contributed by atoms with Gasteiger partial charge in [0.05, 0.1) is 4.47 Å². The molecule has 1 aliphatic rings. The Morgan fingerprint density at radius 2 is 2.00 bits per heavy atom. The molecule has 7 heteroatoms. The lowest BCUT2D eigenvalue weighted by Gasteiger charge is -2.12. The summed E-state index contributed by atoms with van der Waals surface area (Å²) in [6.45, 7) is 4.15. The molecule has 0 unspecified atom stereocenters. The van der Waals surface area contributed by atoms with Crippen LogP contribution in [0.25, 0.3) is 0 Å². The van der Waals surface area contributed by atoms with Crippen molar-refractivity contribution in [3.8, 4) is 11.5 Å². The first-order valence-corrected chi connectivity index (χ1v) is 7.27. The largest absolute Gasteiger partial charge is 0.453 e. The van der Waals surface area contributed by atoms with E-state index in [4.69, 9.17) is 9.47 Å². The minimum absolute atomic E-state index is 0.238. The maximum Gasteiger partial charge on any atom is 0.231 e. The highest BCUT2D eigenvalue weighted by molar-refractivity contribution is 9.10. The summed E-state index contributed by atoms with van der Waals surface area (Å²) in [5, 5.41) is 6.25. The van der Waals surface area contributed by atoms with Crippen LogP contribution < -0.4 is 20.1 Å². The summed E-state index contributed by atoms with van der Waals surface area (Å²) >= 11 is 3.54. The van der Waals surface area contributed by atoms with Crippen LogP contribution in [0.2, 0.25) is 0 Å². The van der Waals surface area contributed by atoms with Crippen LogP contribution in [0.15, 0.2) is 16.6 Å². The fourth-order valence-corrected chi connectivity index (χ4v) is 2.62. The van der Waals surface area contributed by atoms with Gasteiger partial charge in [-0.3, -0.25) is 0 Å². The molecule has 3 rings (SSSR count). The second-order valence-corrected chi connectivity index (χ2v) is 5.48. The molecule has 6 nitrogen and oxygen atoms in total. The van der Waals surface area contributed by atoms with Gasteiger partial charge in [0.25, 0.3) is 0 Å². The smallest absolute Gasteiger partial charge is 0.231 e. The van der Waals surface area contributed by atoms with Crippen LogP contribution in [0.4, 0.5) is 17.5 Å². The lowest BCUT2D eigenvalue weighted by Crippen LogP contribution is -2.03. The number of ether oxygens (including phenoxy) is 2. The molecular formula is C14H15BrN4O2. The number of aromatic nitrogens is 2. The minimum Gasteiger partial charge on any atom is -0.453 e. The zero-order valence-corrected chi connectivity index (χ0v) is 13.5. The third-order valence-electron chi connectivity index (χ3n) is 3.21. The van der Waals surface area contributed by atoms with E-state index in [0.717, 1.165) is 33.0 Å². The summed E-state index contributed by atoms with van der Waals surface area (Å²) in [6, 6.07) is 3.78. The highest BCUT2D eigenvalue weighted by Crippen LogP contribution is 2.44. The number of hydrogen-bond acceptors (Lipinski definition) is 6. The molecule has 0 fully saturated rings. The van der Waals surface area contributed by atoms with E-state index < -0.39 is 0 Å². The number of rotatable bonds is 3. The van der Waals surface area contributed by atoms with E-state index in [1.54, 1.807) is 0 Å². The van der Waals surface area contributed by atoms with Crippen molar-refractivity contribution in [2.45, 2.75) is 13.8 Å². The Morgan fingerprint density at radius 1 is 1.19 bits per heavy atom. The van der Waals surface area contributed by atoms with Gasteiger partial charge < -0.3 is 20.1 Å². The number of halogens is 1. The number of benzene rings is 1. The molecule has 2 heterocycles. The summed E-state index contributed by atoms with van der Waals surface area (Å²) in [6.07, 6.45) is 0. The van der Waals surface area contributed by atoms with Gasteiger partial charge in [0, 0.05) is 30.6 Å². The molecule has 0 spiro atoms. The molecule has 0 amide bonds. The Hall–Kier alpha value is -2.02. The standard InChI is InChI=1S/C14H15BrN4O2/c1-7-4-11(16-3)19-14(17-7)18-9-5-10-13(21-6-20-10)12(15)8(9)2/h4-5H,6H2,1-3H3,(H2,16,17,18,19). The van der Waals surface area contributed by atoms with E-state index in [2.05, 4.69) is 36.5 Å². The fourth-order valence-electron chi connectivity index (χ4n) is 2.10. The van der Waals surface area contributed by atoms with Gasteiger partial charge in [-0.05, 0) is 35.3 Å². The Bertz CT molecular complexity index is 706. The number of fused-ring (bicyclic) bond motifs is 1. The maximum absolute atomic E-state index is 5.44. The lowest BCUT2D eigenvalue weighted by molar-refractivity contribution is 0.173. The highest BCUT2D eigenvalue weighted by Gasteiger charge is 2.21. The molecular weight excluding hydrogens is 336 g/mol. The van der Waals surface area contributed by atoms with Crippen molar-refractivity contribution >= 4 is 33.4 Å². The molecule has 0 saturated heterocycles. The van der Waals surface area contributed by atoms with Gasteiger partial charge in [-0.15, -0.1) is 0 Å². The number of aryl methyl sites for hydroxylation is 1. The first kappa shape index (κ1) is 13.9. The topological polar surface area (TPSA) is 68.3 Å². The monoisotopic (exact) mass is 350 g/mol. The molecule has 0 radical (unpaired) electrons. The summed E-state index contributed by atoms with van der Waals surface area (Å²) < 4.78 is 11.7. The molecule has 1 aromatic carbocycles. The first-order valence-electron chi connectivity index (χ1n) is 6.47. The molecule has 1 aromatic heterocycles. The Labute approximate surface area is 131 Å². The Kier molecular flexibility index (Phi) is 3.59. The summed E-state index contributed by atoms with van der Waals surface area (Å²) in [5.74, 6) is 2.74. The van der Waals surface area contributed by atoms with Gasteiger partial charge in [-0.2, -0.15) is 4.98 Å². The van der Waals surface area contributed by atoms with Crippen molar-refractivity contribution in [2.24, 2.45) is 0 Å². The van der Waals surface area contributed by atoms with Crippen molar-refractivity contribution in [1.29, 1.82) is 0 Å². The average molecular weight is 351 g/mol. The van der Waals surface area contributed by atoms with Crippen LogP contribution in [-0.4, -0.2) is 23.8 Å². The molecule has 110 valence electrons. The number of nitrogens with zero attached hydrogens (tertiary/aromatic N) is 2. The van der Waals surface area contributed by atoms with E-state index in [1.165, 1.54) is 0 Å². The lowest BCUT2D eigenvalue weighted by atomic mass is 10.2. The zero-order valence-electron chi connectivity index (χ0n) is 12.0. The van der Waals surface area contributed by atoms with Crippen molar-refractivity contribution in [1.82, 2.24) is 9.97 Å². The predicted molar refractivity (Wildman–Crippen MR) is 84.6 cm³/mol. The van der Waals surface area contributed by atoms with Crippen LogP contribution in [-0.2, 0) is 0 Å². The Balaban J connectivity index is 1.99. The molecule has 0 atom stereocenters. The second kappa shape index (κ2) is 5.40. The molecule has 1 aliphatic heterocycles. The molecule has 0 saturated carbocycles. The highest BCUT2D eigenvalue weighted by atomic mass is 79.9. The molecule has 2 aromatic rings. The van der Waals surface area contributed by atoms with Gasteiger partial charge >= 0.3 is 0 Å². The number of anilines is 3. The van der Waals surface area contributed by atoms with Crippen molar-refractivity contribution in [3.63, 3.8) is 0 Å². The van der Waals surface area contributed by atoms with Crippen LogP contribution in [0.3, 0.4) is 0 Å². The van der Waals surface area contributed by atoms with E-state index in [-0.39, 0.29) is 6.79 Å². The zero-order chi connectivity index (χ0) is 15.0. The summed E-state index contributed by atoms with van der Waals surface area (Å²) in [4.78, 5) is 8.78. The van der Waals surface area contributed by atoms with Gasteiger partial charge in [-0.25, -0.2) is 4.98 Å². The van der Waals surface area contributed by atoms with E-state index in [0.29, 0.717) is 11.7 Å². The maximum atomic E-state index is 5.44. The predicted octanol–water partition coefficient (Wildman–Crippen LogP) is 3.37. The SMILES string of the molecule is CNc1cc(C)nc(Nc2cc3c(c(Br)c2C)OCO3)n1.